The van der Waals surface area contributed by atoms with E-state index < -0.39 is 0 Å². The number of hydrogen-bond donors (Lipinski definition) is 1. The van der Waals surface area contributed by atoms with Gasteiger partial charge < -0.3 is 9.88 Å². The first-order chi connectivity index (χ1) is 9.35. The van der Waals surface area contributed by atoms with Gasteiger partial charge in [0, 0.05) is 24.9 Å². The Morgan fingerprint density at radius 1 is 1.42 bits per heavy atom. The van der Waals surface area contributed by atoms with E-state index in [0.29, 0.717) is 12.0 Å². The monoisotopic (exact) mass is 255 g/mol. The van der Waals surface area contributed by atoms with Gasteiger partial charge in [-0.3, -0.25) is 0 Å². The van der Waals surface area contributed by atoms with Crippen LogP contribution in [0.2, 0.25) is 0 Å². The molecular weight excluding hydrogens is 234 g/mol. The molecule has 19 heavy (non-hydrogen) atoms. The fourth-order valence-electron chi connectivity index (χ4n) is 3.31. The van der Waals surface area contributed by atoms with Gasteiger partial charge in [0.1, 0.15) is 5.82 Å². The number of nitrogens with zero attached hydrogens (tertiary/aromatic N) is 2. The zero-order valence-corrected chi connectivity index (χ0v) is 11.6. The Morgan fingerprint density at radius 3 is 3.05 bits per heavy atom. The van der Waals surface area contributed by atoms with Crippen LogP contribution in [0.1, 0.15) is 42.3 Å². The number of nitrogens with one attached hydrogen (secondary N) is 1. The zero-order chi connectivity index (χ0) is 13.2. The lowest BCUT2D eigenvalue weighted by molar-refractivity contribution is 0.438. The zero-order valence-electron chi connectivity index (χ0n) is 11.6. The molecule has 2 unspecified atom stereocenters. The number of hydrogen-bond acceptors (Lipinski definition) is 2. The van der Waals surface area contributed by atoms with E-state index in [2.05, 4.69) is 52.3 Å². The number of imidazole rings is 1. The van der Waals surface area contributed by atoms with Crippen molar-refractivity contribution in [2.45, 2.75) is 38.3 Å². The molecule has 3 nitrogen and oxygen atoms in total. The van der Waals surface area contributed by atoms with E-state index >= 15 is 0 Å². The molecule has 0 radical (unpaired) electrons. The van der Waals surface area contributed by atoms with Crippen LogP contribution in [-0.4, -0.2) is 16.6 Å². The van der Waals surface area contributed by atoms with E-state index in [1.165, 1.54) is 24.0 Å². The van der Waals surface area contributed by atoms with Crippen LogP contribution in [0, 0.1) is 0 Å². The van der Waals surface area contributed by atoms with Crippen LogP contribution < -0.4 is 5.32 Å². The van der Waals surface area contributed by atoms with Gasteiger partial charge in [0.2, 0.25) is 0 Å². The van der Waals surface area contributed by atoms with Crippen molar-refractivity contribution in [1.29, 1.82) is 0 Å². The highest BCUT2D eigenvalue weighted by molar-refractivity contribution is 5.36. The van der Waals surface area contributed by atoms with Gasteiger partial charge in [-0.2, -0.15) is 0 Å². The number of fused-ring (bicyclic) bond motifs is 1. The van der Waals surface area contributed by atoms with Crippen molar-refractivity contribution >= 4 is 0 Å². The molecule has 100 valence electrons. The van der Waals surface area contributed by atoms with Gasteiger partial charge >= 0.3 is 0 Å². The largest absolute Gasteiger partial charge is 0.334 e. The molecule has 0 fully saturated rings. The summed E-state index contributed by atoms with van der Waals surface area (Å²) in [4.78, 5) is 4.58. The van der Waals surface area contributed by atoms with Crippen LogP contribution in [0.25, 0.3) is 0 Å². The van der Waals surface area contributed by atoms with Gasteiger partial charge in [-0.05, 0) is 37.9 Å². The van der Waals surface area contributed by atoms with Gasteiger partial charge in [-0.1, -0.05) is 24.3 Å². The van der Waals surface area contributed by atoms with Crippen molar-refractivity contribution in [1.82, 2.24) is 14.9 Å². The minimum Gasteiger partial charge on any atom is -0.334 e. The summed E-state index contributed by atoms with van der Waals surface area (Å²) in [5, 5.41) is 3.48. The molecule has 0 aliphatic heterocycles. The second kappa shape index (κ2) is 5.17. The number of aromatic nitrogens is 2. The summed E-state index contributed by atoms with van der Waals surface area (Å²) in [6.07, 6.45) is 6.37. The minimum absolute atomic E-state index is 0.304. The molecule has 1 aliphatic carbocycles. The summed E-state index contributed by atoms with van der Waals surface area (Å²) < 4.78 is 2.24. The number of aryl methyl sites for hydroxylation is 2. The summed E-state index contributed by atoms with van der Waals surface area (Å²) in [7, 11) is 2.04. The van der Waals surface area contributed by atoms with Gasteiger partial charge in [0.25, 0.3) is 0 Å². The van der Waals surface area contributed by atoms with Crippen LogP contribution in [0.4, 0.5) is 0 Å². The number of likely N-dealkylation sites (N-methyl/N-ethyl adjacent to an activating group) is 1. The van der Waals surface area contributed by atoms with Crippen LogP contribution in [0.3, 0.4) is 0 Å². The molecule has 1 aromatic carbocycles. The highest BCUT2D eigenvalue weighted by Gasteiger charge is 2.31. The topological polar surface area (TPSA) is 29.9 Å². The standard InChI is InChI=1S/C16H21N3/c1-3-19-11-10-18-16(19)15(17-2)14-9-8-12-6-4-5-7-13(12)14/h4-7,10-11,14-15,17H,3,8-9H2,1-2H3. The smallest absolute Gasteiger partial charge is 0.126 e. The predicted molar refractivity (Wildman–Crippen MR) is 77.2 cm³/mol. The molecule has 3 heteroatoms. The molecule has 1 aliphatic rings. The average Bonchev–Trinajstić information content (AvgIpc) is 3.07. The molecular formula is C16H21N3. The first-order valence-electron chi connectivity index (χ1n) is 7.11. The van der Waals surface area contributed by atoms with Crippen molar-refractivity contribution in [2.75, 3.05) is 7.05 Å². The third-order valence-corrected chi connectivity index (χ3v) is 4.26. The summed E-state index contributed by atoms with van der Waals surface area (Å²) >= 11 is 0. The normalized spacial score (nSPS) is 19.4. The highest BCUT2D eigenvalue weighted by Crippen LogP contribution is 2.40. The second-order valence-corrected chi connectivity index (χ2v) is 5.18. The Hall–Kier alpha value is -1.61. The minimum atomic E-state index is 0.304. The molecule has 1 N–H and O–H groups in total. The summed E-state index contributed by atoms with van der Waals surface area (Å²) in [6, 6.07) is 9.13. The molecule has 1 heterocycles. The van der Waals surface area contributed by atoms with Crippen LogP contribution in [0.5, 0.6) is 0 Å². The highest BCUT2D eigenvalue weighted by atomic mass is 15.1. The fourth-order valence-corrected chi connectivity index (χ4v) is 3.31. The lowest BCUT2D eigenvalue weighted by Crippen LogP contribution is -2.26. The maximum atomic E-state index is 4.58. The Labute approximate surface area is 114 Å². The van der Waals surface area contributed by atoms with E-state index in [9.17, 15) is 0 Å². The second-order valence-electron chi connectivity index (χ2n) is 5.18. The van der Waals surface area contributed by atoms with Crippen molar-refractivity contribution in [3.63, 3.8) is 0 Å². The van der Waals surface area contributed by atoms with Crippen LogP contribution in [-0.2, 0) is 13.0 Å². The van der Waals surface area contributed by atoms with E-state index in [1.54, 1.807) is 0 Å². The molecule has 1 aromatic heterocycles. The van der Waals surface area contributed by atoms with E-state index in [0.717, 1.165) is 12.4 Å². The van der Waals surface area contributed by atoms with Crippen molar-refractivity contribution in [3.05, 3.63) is 53.6 Å². The molecule has 0 saturated carbocycles. The molecule has 3 rings (SSSR count). The van der Waals surface area contributed by atoms with Crippen LogP contribution in [0.15, 0.2) is 36.7 Å². The molecule has 0 saturated heterocycles. The third kappa shape index (κ3) is 2.08. The maximum Gasteiger partial charge on any atom is 0.126 e. The molecule has 2 aromatic rings. The number of rotatable bonds is 4. The lowest BCUT2D eigenvalue weighted by atomic mass is 9.92. The molecule has 2 atom stereocenters. The molecule has 0 bridgehead atoms. The summed E-state index contributed by atoms with van der Waals surface area (Å²) in [6.45, 7) is 3.14. The lowest BCUT2D eigenvalue weighted by Gasteiger charge is -2.24. The first-order valence-corrected chi connectivity index (χ1v) is 7.11. The van der Waals surface area contributed by atoms with E-state index in [4.69, 9.17) is 0 Å². The maximum absolute atomic E-state index is 4.58. The van der Waals surface area contributed by atoms with Crippen LogP contribution >= 0.6 is 0 Å². The van der Waals surface area contributed by atoms with Crippen molar-refractivity contribution in [2.24, 2.45) is 0 Å². The molecule has 0 amide bonds. The summed E-state index contributed by atoms with van der Waals surface area (Å²) in [5.74, 6) is 1.70. The van der Waals surface area contributed by atoms with Gasteiger partial charge in [-0.25, -0.2) is 4.98 Å². The Kier molecular flexibility index (Phi) is 3.38. The van der Waals surface area contributed by atoms with Gasteiger partial charge in [-0.15, -0.1) is 0 Å². The quantitative estimate of drug-likeness (QED) is 0.910. The molecule has 0 spiro atoms. The van der Waals surface area contributed by atoms with E-state index in [1.807, 2.05) is 13.2 Å². The first kappa shape index (κ1) is 12.4. The average molecular weight is 255 g/mol. The van der Waals surface area contributed by atoms with E-state index in [-0.39, 0.29) is 0 Å². The van der Waals surface area contributed by atoms with Crippen molar-refractivity contribution in [3.8, 4) is 0 Å². The summed E-state index contributed by atoms with van der Waals surface area (Å²) in [5.41, 5.74) is 3.00. The van der Waals surface area contributed by atoms with Gasteiger partial charge in [0.05, 0.1) is 6.04 Å². The Bertz CT molecular complexity index is 559. The Balaban J connectivity index is 1.97. The van der Waals surface area contributed by atoms with Gasteiger partial charge in [0.15, 0.2) is 0 Å². The third-order valence-electron chi connectivity index (χ3n) is 4.26. The fraction of sp³-hybridized carbons (Fsp3) is 0.438. The predicted octanol–water partition coefficient (Wildman–Crippen LogP) is 2.89. The number of benzene rings is 1. The SMILES string of the molecule is CCn1ccnc1C(NC)C1CCc2ccccc21. The Morgan fingerprint density at radius 2 is 2.26 bits per heavy atom. The van der Waals surface area contributed by atoms with Crippen molar-refractivity contribution < 1.29 is 0 Å².